The molecule has 0 radical (unpaired) electrons. The number of sulfonamides is 1. The van der Waals surface area contributed by atoms with Crippen molar-refractivity contribution < 1.29 is 33.0 Å². The molecule has 1 aliphatic rings. The quantitative estimate of drug-likeness (QED) is 0.360. The third-order valence-electron chi connectivity index (χ3n) is 4.70. The van der Waals surface area contributed by atoms with Crippen LogP contribution in [0.15, 0.2) is 29.2 Å². The number of phenolic OH excluding ortho intramolecular Hbond substituents is 1. The van der Waals surface area contributed by atoms with Crippen molar-refractivity contribution in [1.82, 2.24) is 4.72 Å². The molecular formula is C21H22Cl2N2O7S. The molecule has 1 fully saturated rings. The Hall–Kier alpha value is -2.53. The number of carboxylic acid groups (broad SMARTS) is 1. The monoisotopic (exact) mass is 516 g/mol. The number of benzene rings is 2. The smallest absolute Gasteiger partial charge is 0.312 e. The van der Waals surface area contributed by atoms with E-state index in [-0.39, 0.29) is 49.8 Å². The molecule has 2 aromatic carbocycles. The lowest BCUT2D eigenvalue weighted by atomic mass is 10.0. The van der Waals surface area contributed by atoms with Crippen LogP contribution in [0, 0.1) is 0 Å². The van der Waals surface area contributed by atoms with Gasteiger partial charge in [0.05, 0.1) is 10.0 Å². The second-order valence-electron chi connectivity index (χ2n) is 7.90. The topological polar surface area (TPSA) is 142 Å². The molecule has 0 aromatic heterocycles. The summed E-state index contributed by atoms with van der Waals surface area (Å²) in [4.78, 5) is 22.0. The molecule has 12 heteroatoms. The van der Waals surface area contributed by atoms with E-state index >= 15 is 0 Å². The molecule has 178 valence electrons. The minimum absolute atomic E-state index is 0.00605. The van der Waals surface area contributed by atoms with E-state index in [0.29, 0.717) is 5.56 Å². The summed E-state index contributed by atoms with van der Waals surface area (Å²) in [5.41, 5.74) is 0.516. The highest BCUT2D eigenvalue weighted by molar-refractivity contribution is 7.89. The van der Waals surface area contributed by atoms with E-state index in [1.807, 2.05) is 0 Å². The molecule has 0 saturated heterocycles. The molecule has 0 heterocycles. The third-order valence-corrected chi connectivity index (χ3v) is 6.80. The van der Waals surface area contributed by atoms with Gasteiger partial charge in [0.1, 0.15) is 22.8 Å². The summed E-state index contributed by atoms with van der Waals surface area (Å²) in [6.45, 7) is 3.58. The van der Waals surface area contributed by atoms with Crippen LogP contribution in [0.2, 0.25) is 10.0 Å². The van der Waals surface area contributed by atoms with Crippen molar-refractivity contribution in [3.63, 3.8) is 0 Å². The Labute approximate surface area is 200 Å². The van der Waals surface area contributed by atoms with Gasteiger partial charge >= 0.3 is 5.97 Å². The first kappa shape index (κ1) is 25.1. The highest BCUT2D eigenvalue weighted by atomic mass is 35.5. The second kappa shape index (κ2) is 9.76. The minimum Gasteiger partial charge on any atom is -0.506 e. The van der Waals surface area contributed by atoms with Crippen molar-refractivity contribution >= 4 is 50.8 Å². The molecule has 0 atom stereocenters. The van der Waals surface area contributed by atoms with Crippen LogP contribution in [0.3, 0.4) is 0 Å². The molecule has 2 aromatic rings. The highest BCUT2D eigenvalue weighted by Crippen LogP contribution is 2.42. The van der Waals surface area contributed by atoms with E-state index in [4.69, 9.17) is 33.0 Å². The maximum absolute atomic E-state index is 12.8. The summed E-state index contributed by atoms with van der Waals surface area (Å²) in [7, 11) is -3.99. The lowest BCUT2D eigenvalue weighted by molar-refractivity contribution is -0.139. The molecule has 0 aliphatic heterocycles. The van der Waals surface area contributed by atoms with Gasteiger partial charge in [-0.15, -0.1) is 0 Å². The Morgan fingerprint density at radius 2 is 1.76 bits per heavy atom. The summed E-state index contributed by atoms with van der Waals surface area (Å²) < 4.78 is 33.9. The summed E-state index contributed by atoms with van der Waals surface area (Å²) >= 11 is 12.5. The van der Waals surface area contributed by atoms with Gasteiger partial charge in [-0.1, -0.05) is 37.0 Å². The van der Waals surface area contributed by atoms with Crippen LogP contribution in [0.1, 0.15) is 44.6 Å². The Morgan fingerprint density at radius 3 is 2.27 bits per heavy atom. The first-order valence-electron chi connectivity index (χ1n) is 9.95. The van der Waals surface area contributed by atoms with Crippen LogP contribution in [0.4, 0.5) is 5.69 Å². The van der Waals surface area contributed by atoms with Crippen molar-refractivity contribution in [2.45, 2.75) is 50.0 Å². The molecular weight excluding hydrogens is 495 g/mol. The molecule has 0 bridgehead atoms. The number of hydrogen-bond acceptors (Lipinski definition) is 6. The van der Waals surface area contributed by atoms with Crippen molar-refractivity contribution in [2.75, 3.05) is 5.32 Å². The van der Waals surface area contributed by atoms with Crippen LogP contribution in [-0.2, 0) is 19.6 Å². The number of anilines is 1. The molecule has 9 nitrogen and oxygen atoms in total. The van der Waals surface area contributed by atoms with Crippen LogP contribution in [0.5, 0.6) is 17.2 Å². The van der Waals surface area contributed by atoms with Gasteiger partial charge in [0.15, 0.2) is 5.75 Å². The largest absolute Gasteiger partial charge is 0.506 e. The number of carboxylic acids is 1. The van der Waals surface area contributed by atoms with Gasteiger partial charge in [-0.3, -0.25) is 9.59 Å². The number of ether oxygens (including phenoxy) is 1. The number of rotatable bonds is 9. The predicted molar refractivity (Wildman–Crippen MR) is 123 cm³/mol. The average molecular weight is 517 g/mol. The summed E-state index contributed by atoms with van der Waals surface area (Å²) in [5.74, 6) is -2.56. The van der Waals surface area contributed by atoms with E-state index in [2.05, 4.69) is 10.0 Å². The molecule has 1 aliphatic carbocycles. The number of phenols is 1. The Balaban J connectivity index is 1.95. The minimum atomic E-state index is -3.99. The van der Waals surface area contributed by atoms with Gasteiger partial charge in [0.2, 0.25) is 15.9 Å². The lowest BCUT2D eigenvalue weighted by Crippen LogP contribution is -2.26. The fourth-order valence-electron chi connectivity index (χ4n) is 2.98. The predicted octanol–water partition coefficient (Wildman–Crippen LogP) is 4.47. The standard InChI is InChI=1S/C21H22Cl2N2O7S/c1-10(2)14-7-13(8-17(20(14)29)33(30,31)25-11-3-4-11)32-21-15(22)5-12(6-16(21)23)24-18(26)9-19(27)28/h5-8,10-11,25,29H,3-4,9H2,1-2H3,(H,24,26)(H,27,28). The van der Waals surface area contributed by atoms with E-state index in [1.54, 1.807) is 13.8 Å². The molecule has 0 unspecified atom stereocenters. The Bertz CT molecular complexity index is 1190. The molecule has 1 saturated carbocycles. The zero-order chi connectivity index (χ0) is 24.5. The summed E-state index contributed by atoms with van der Waals surface area (Å²) in [5, 5.41) is 21.6. The average Bonchev–Trinajstić information content (AvgIpc) is 3.47. The molecule has 33 heavy (non-hydrogen) atoms. The number of aromatic hydroxyl groups is 1. The van der Waals surface area contributed by atoms with Crippen LogP contribution >= 0.6 is 23.2 Å². The fourth-order valence-corrected chi connectivity index (χ4v) is 4.99. The van der Waals surface area contributed by atoms with Crippen molar-refractivity contribution in [3.05, 3.63) is 39.9 Å². The van der Waals surface area contributed by atoms with Crippen LogP contribution < -0.4 is 14.8 Å². The summed E-state index contributed by atoms with van der Waals surface area (Å²) in [6.07, 6.45) is 0.729. The number of carbonyl (C=O) groups excluding carboxylic acids is 1. The number of halogens is 2. The van der Waals surface area contributed by atoms with Gasteiger partial charge in [-0.2, -0.15) is 0 Å². The van der Waals surface area contributed by atoms with Gasteiger partial charge in [-0.05, 0) is 37.0 Å². The third kappa shape index (κ3) is 6.29. The van der Waals surface area contributed by atoms with Crippen molar-refractivity contribution in [3.8, 4) is 17.2 Å². The molecule has 1 amide bonds. The fraction of sp³-hybridized carbons (Fsp3) is 0.333. The molecule has 4 N–H and O–H groups in total. The van der Waals surface area contributed by atoms with E-state index in [9.17, 15) is 23.1 Å². The Kier molecular flexibility index (Phi) is 7.42. The van der Waals surface area contributed by atoms with E-state index in [0.717, 1.165) is 12.8 Å². The zero-order valence-corrected chi connectivity index (χ0v) is 20.0. The lowest BCUT2D eigenvalue weighted by Gasteiger charge is -2.17. The van der Waals surface area contributed by atoms with Crippen LogP contribution in [-0.4, -0.2) is 36.5 Å². The number of nitrogens with one attached hydrogen (secondary N) is 2. The van der Waals surface area contributed by atoms with Crippen molar-refractivity contribution in [1.29, 1.82) is 0 Å². The number of carbonyl (C=O) groups is 2. The number of aliphatic carboxylic acids is 1. The summed E-state index contributed by atoms with van der Waals surface area (Å²) in [6, 6.07) is 5.15. The van der Waals surface area contributed by atoms with Gasteiger partial charge in [-0.25, -0.2) is 13.1 Å². The van der Waals surface area contributed by atoms with Gasteiger partial charge in [0.25, 0.3) is 0 Å². The second-order valence-corrected chi connectivity index (χ2v) is 10.4. The van der Waals surface area contributed by atoms with E-state index < -0.39 is 28.3 Å². The normalized spacial score (nSPS) is 13.7. The van der Waals surface area contributed by atoms with Gasteiger partial charge in [0, 0.05) is 23.4 Å². The van der Waals surface area contributed by atoms with Crippen LogP contribution in [0.25, 0.3) is 0 Å². The first-order valence-corrected chi connectivity index (χ1v) is 12.2. The maximum Gasteiger partial charge on any atom is 0.312 e. The molecule has 3 rings (SSSR count). The van der Waals surface area contributed by atoms with Crippen molar-refractivity contribution in [2.24, 2.45) is 0 Å². The zero-order valence-electron chi connectivity index (χ0n) is 17.7. The van der Waals surface area contributed by atoms with Gasteiger partial charge < -0.3 is 20.3 Å². The molecule has 0 spiro atoms. The number of amides is 1. The van der Waals surface area contributed by atoms with E-state index in [1.165, 1.54) is 24.3 Å². The highest BCUT2D eigenvalue weighted by Gasteiger charge is 2.31. The first-order chi connectivity index (χ1) is 15.4. The SMILES string of the molecule is CC(C)c1cc(Oc2c(Cl)cc(NC(=O)CC(=O)O)cc2Cl)cc(S(=O)(=O)NC2CC2)c1O. The number of hydrogen-bond donors (Lipinski definition) is 4. The maximum atomic E-state index is 12.8. The Morgan fingerprint density at radius 1 is 1.15 bits per heavy atom.